The van der Waals surface area contributed by atoms with Crippen LogP contribution < -0.4 is 27.3 Å². The summed E-state index contributed by atoms with van der Waals surface area (Å²) in [5, 5.41) is 0. The van der Waals surface area contributed by atoms with E-state index in [1.54, 1.807) is 11.8 Å². The van der Waals surface area contributed by atoms with Gasteiger partial charge in [0.1, 0.15) is 14.8 Å². The molecule has 3 nitrogen and oxygen atoms in total. The quantitative estimate of drug-likeness (QED) is 0.236. The van der Waals surface area contributed by atoms with Crippen molar-refractivity contribution >= 4 is 34.6 Å². The summed E-state index contributed by atoms with van der Waals surface area (Å²) in [6.07, 6.45) is 5.00. The zero-order valence-corrected chi connectivity index (χ0v) is 20.3. The molecule has 0 bridgehead atoms. The maximum atomic E-state index is 13.1. The van der Waals surface area contributed by atoms with Gasteiger partial charge in [-0.3, -0.25) is 4.79 Å². The molecule has 0 saturated heterocycles. The first kappa shape index (κ1) is 23.3. The molecule has 2 N–H and O–H groups in total. The lowest BCUT2D eigenvalue weighted by Crippen LogP contribution is -3.00. The van der Waals surface area contributed by atoms with Crippen molar-refractivity contribution in [2.45, 2.75) is 17.6 Å². The minimum absolute atomic E-state index is 0. The lowest BCUT2D eigenvalue weighted by atomic mass is 10.1. The Labute approximate surface area is 201 Å². The van der Waals surface area contributed by atoms with E-state index in [-0.39, 0.29) is 22.8 Å². The largest absolute Gasteiger partial charge is 1.00 e. The number of aryl methyl sites for hydroxylation is 2. The van der Waals surface area contributed by atoms with Crippen LogP contribution in [0.5, 0.6) is 0 Å². The summed E-state index contributed by atoms with van der Waals surface area (Å²) in [7, 11) is 0. The zero-order chi connectivity index (χ0) is 20.9. The lowest BCUT2D eigenvalue weighted by molar-refractivity contribution is -0.597. The van der Waals surface area contributed by atoms with E-state index in [1.165, 1.54) is 16.9 Å². The van der Waals surface area contributed by atoms with Gasteiger partial charge in [-0.05, 0) is 25.0 Å². The third-order valence-corrected chi connectivity index (χ3v) is 7.26. The van der Waals surface area contributed by atoms with Gasteiger partial charge in [0.2, 0.25) is 5.78 Å². The third-order valence-electron chi connectivity index (χ3n) is 4.80. The topological polar surface area (TPSA) is 47.0 Å². The molecule has 158 valence electrons. The van der Waals surface area contributed by atoms with E-state index in [0.717, 1.165) is 27.6 Å². The van der Waals surface area contributed by atoms with Gasteiger partial charge in [-0.1, -0.05) is 60.7 Å². The normalized spacial score (nSPS) is 10.5. The maximum Gasteiger partial charge on any atom is 0.259 e. The summed E-state index contributed by atoms with van der Waals surface area (Å²) in [6.45, 7) is 2.05. The van der Waals surface area contributed by atoms with Crippen molar-refractivity contribution in [3.63, 3.8) is 0 Å². The molecule has 0 atom stereocenters. The van der Waals surface area contributed by atoms with Crippen molar-refractivity contribution in [2.24, 2.45) is 0 Å². The van der Waals surface area contributed by atoms with Crippen LogP contribution in [0.3, 0.4) is 0 Å². The van der Waals surface area contributed by atoms with Crippen molar-refractivity contribution in [1.29, 1.82) is 0 Å². The van der Waals surface area contributed by atoms with Gasteiger partial charge in [0.05, 0.1) is 0 Å². The first-order chi connectivity index (χ1) is 14.6. The average Bonchev–Trinajstić information content (AvgIpc) is 3.10. The van der Waals surface area contributed by atoms with E-state index in [0.29, 0.717) is 16.1 Å². The van der Waals surface area contributed by atoms with Gasteiger partial charge < -0.3 is 22.7 Å². The molecule has 0 spiro atoms. The number of ketones is 1. The predicted octanol–water partition coefficient (Wildman–Crippen LogP) is 2.49. The Morgan fingerprint density at radius 2 is 1.68 bits per heavy atom. The number of pyridine rings is 1. The van der Waals surface area contributed by atoms with Crippen molar-refractivity contribution in [1.82, 2.24) is 0 Å². The highest BCUT2D eigenvalue weighted by molar-refractivity contribution is 8.01. The second kappa shape index (κ2) is 10.8. The number of hydrogen-bond acceptors (Lipinski definition) is 4. The first-order valence-electron chi connectivity index (χ1n) is 9.80. The Balaban J connectivity index is 0.00000272. The summed E-state index contributed by atoms with van der Waals surface area (Å²) < 4.78 is 3.10. The van der Waals surface area contributed by atoms with E-state index < -0.39 is 0 Å². The number of halogens is 1. The van der Waals surface area contributed by atoms with E-state index in [4.69, 9.17) is 5.73 Å². The van der Waals surface area contributed by atoms with Crippen LogP contribution in [0.4, 0.5) is 5.69 Å². The number of rotatable bonds is 7. The number of nitrogens with zero attached hydrogens (tertiary/aromatic N) is 1. The van der Waals surface area contributed by atoms with Gasteiger partial charge in [-0.25, -0.2) is 0 Å². The van der Waals surface area contributed by atoms with Gasteiger partial charge in [-0.2, -0.15) is 4.57 Å². The van der Waals surface area contributed by atoms with Crippen LogP contribution >= 0.6 is 23.1 Å². The van der Waals surface area contributed by atoms with Gasteiger partial charge in [-0.15, -0.1) is 23.1 Å². The fourth-order valence-corrected chi connectivity index (χ4v) is 5.81. The Bertz CT molecular complexity index is 1160. The number of thiophene rings is 1. The molecule has 0 radical (unpaired) electrons. The zero-order valence-electron chi connectivity index (χ0n) is 17.1. The third kappa shape index (κ3) is 5.45. The fraction of sp³-hybridized carbons (Fsp3) is 0.120. The number of benzene rings is 2. The number of carbonyl (C=O) groups is 1. The van der Waals surface area contributed by atoms with Crippen molar-refractivity contribution in [2.75, 3.05) is 11.5 Å². The second-order valence-corrected chi connectivity index (χ2v) is 9.43. The van der Waals surface area contributed by atoms with E-state index in [1.807, 2.05) is 53.2 Å². The fourth-order valence-electron chi connectivity index (χ4n) is 3.28. The standard InChI is InChI=1S/C25H22N2OS2.BrH/c1-18-9-8-15-27(17-18)22-21(26)24(23(28)20-12-6-3-7-13-20)30-25(22)29-16-14-19-10-4-2-5-11-19;/h2-13,15,17H,14,16H2,1H3,(H-,26,28);1H. The number of anilines is 1. The van der Waals surface area contributed by atoms with Crippen LogP contribution in [0.2, 0.25) is 0 Å². The molecule has 0 aliphatic heterocycles. The van der Waals surface area contributed by atoms with Gasteiger partial charge >= 0.3 is 0 Å². The molecule has 0 aliphatic rings. The number of aromatic nitrogens is 1. The molecule has 0 unspecified atom stereocenters. The van der Waals surface area contributed by atoms with E-state index >= 15 is 0 Å². The Hall–Kier alpha value is -2.41. The number of hydrogen-bond donors (Lipinski definition) is 1. The number of nitrogen functional groups attached to an aromatic ring is 1. The van der Waals surface area contributed by atoms with E-state index in [2.05, 4.69) is 43.5 Å². The molecule has 2 aromatic heterocycles. The Morgan fingerprint density at radius 3 is 2.35 bits per heavy atom. The molecule has 2 heterocycles. The summed E-state index contributed by atoms with van der Waals surface area (Å²) in [6, 6.07) is 23.8. The molecule has 0 amide bonds. The predicted molar refractivity (Wildman–Crippen MR) is 126 cm³/mol. The number of carbonyl (C=O) groups excluding carboxylic acids is 1. The summed E-state index contributed by atoms with van der Waals surface area (Å²) in [5.74, 6) is 0.894. The minimum atomic E-state index is -0.0255. The van der Waals surface area contributed by atoms with Crippen molar-refractivity contribution in [3.05, 3.63) is 107 Å². The molecule has 0 saturated carbocycles. The SMILES string of the molecule is Cc1ccc[n+](-c2c(SCCc3ccccc3)sc(C(=O)c3ccccc3)c2N)c1.[Br-]. The highest BCUT2D eigenvalue weighted by atomic mass is 79.9. The van der Waals surface area contributed by atoms with Gasteiger partial charge in [0, 0.05) is 22.9 Å². The first-order valence-corrected chi connectivity index (χ1v) is 11.6. The summed E-state index contributed by atoms with van der Waals surface area (Å²) >= 11 is 3.25. The van der Waals surface area contributed by atoms with Crippen LogP contribution in [0.1, 0.15) is 26.4 Å². The molecular formula is C25H23BrN2OS2. The molecule has 4 rings (SSSR count). The molecule has 2 aromatic carbocycles. The highest BCUT2D eigenvalue weighted by Gasteiger charge is 2.28. The second-order valence-electron chi connectivity index (χ2n) is 7.05. The molecule has 6 heteroatoms. The van der Waals surface area contributed by atoms with Gasteiger partial charge in [0.15, 0.2) is 12.4 Å². The van der Waals surface area contributed by atoms with Crippen molar-refractivity contribution in [3.8, 4) is 5.69 Å². The average molecular weight is 512 g/mol. The number of thioether (sulfide) groups is 1. The molecule has 31 heavy (non-hydrogen) atoms. The van der Waals surface area contributed by atoms with Crippen LogP contribution in [0.25, 0.3) is 5.69 Å². The number of nitrogens with two attached hydrogens (primary N) is 1. The molecule has 0 aliphatic carbocycles. The Kier molecular flexibility index (Phi) is 8.07. The smallest absolute Gasteiger partial charge is 0.259 e. The molecular weight excluding hydrogens is 488 g/mol. The van der Waals surface area contributed by atoms with Crippen LogP contribution in [-0.4, -0.2) is 11.5 Å². The monoisotopic (exact) mass is 510 g/mol. The van der Waals surface area contributed by atoms with Crippen molar-refractivity contribution < 1.29 is 26.3 Å². The lowest BCUT2D eigenvalue weighted by Gasteiger charge is -2.02. The van der Waals surface area contributed by atoms with Gasteiger partial charge in [0.25, 0.3) is 5.69 Å². The van der Waals surface area contributed by atoms with Crippen LogP contribution in [0, 0.1) is 6.92 Å². The van der Waals surface area contributed by atoms with Crippen LogP contribution in [0.15, 0.2) is 89.4 Å². The molecule has 4 aromatic rings. The Morgan fingerprint density at radius 1 is 1.00 bits per heavy atom. The van der Waals surface area contributed by atoms with E-state index in [9.17, 15) is 4.79 Å². The summed E-state index contributed by atoms with van der Waals surface area (Å²) in [4.78, 5) is 13.7. The molecule has 0 fully saturated rings. The highest BCUT2D eigenvalue weighted by Crippen LogP contribution is 2.39. The minimum Gasteiger partial charge on any atom is -1.00 e. The maximum absolute atomic E-state index is 13.1. The summed E-state index contributed by atoms with van der Waals surface area (Å²) in [5.41, 5.74) is 11.1. The van der Waals surface area contributed by atoms with Crippen LogP contribution in [-0.2, 0) is 6.42 Å².